The number of hydrogen-bond donors (Lipinski definition) is 0. The van der Waals surface area contributed by atoms with Gasteiger partial charge in [0.25, 0.3) is 8.32 Å². The van der Waals surface area contributed by atoms with E-state index in [2.05, 4.69) is 106 Å². The van der Waals surface area contributed by atoms with Crippen LogP contribution in [0.5, 0.6) is 0 Å². The second kappa shape index (κ2) is 14.9. The molecular formula is C35H42N8O3Si. The number of ether oxygens (including phenoxy) is 2. The molecule has 0 saturated carbocycles. The van der Waals surface area contributed by atoms with Gasteiger partial charge in [-0.25, -0.2) is 15.0 Å². The molecule has 0 aliphatic carbocycles. The van der Waals surface area contributed by atoms with Crippen LogP contribution in [0.2, 0.25) is 5.04 Å². The van der Waals surface area contributed by atoms with Crippen molar-refractivity contribution in [3.8, 4) is 11.8 Å². The quantitative estimate of drug-likeness (QED) is 0.0377. The van der Waals surface area contributed by atoms with Crippen molar-refractivity contribution in [2.45, 2.75) is 64.0 Å². The minimum atomic E-state index is -2.85. The molecule has 3 atom stereocenters. The number of benzene rings is 2. The van der Waals surface area contributed by atoms with Crippen LogP contribution in [0, 0.1) is 11.8 Å². The minimum absolute atomic E-state index is 0.113. The van der Waals surface area contributed by atoms with Crippen LogP contribution < -0.4 is 10.4 Å². The highest BCUT2D eigenvalue weighted by Crippen LogP contribution is 2.40. The Bertz CT molecular complexity index is 1750. The van der Waals surface area contributed by atoms with Crippen LogP contribution in [0.4, 0.5) is 5.82 Å². The summed E-state index contributed by atoms with van der Waals surface area (Å²) in [7, 11) is 0.962. The summed E-state index contributed by atoms with van der Waals surface area (Å²) >= 11 is 0. The first-order valence-corrected chi connectivity index (χ1v) is 17.7. The van der Waals surface area contributed by atoms with Gasteiger partial charge in [-0.05, 0) is 20.9 Å². The summed E-state index contributed by atoms with van der Waals surface area (Å²) in [6.07, 6.45) is 5.06. The molecule has 1 aliphatic heterocycles. The summed E-state index contributed by atoms with van der Waals surface area (Å²) in [5.74, 6) is 6.98. The molecule has 244 valence electrons. The number of fused-ring (bicyclic) bond motifs is 1. The molecule has 11 nitrogen and oxygen atoms in total. The molecule has 0 bridgehead atoms. The molecule has 1 saturated heterocycles. The van der Waals surface area contributed by atoms with Crippen LogP contribution in [0.25, 0.3) is 21.5 Å². The highest BCUT2D eigenvalue weighted by Gasteiger charge is 2.51. The van der Waals surface area contributed by atoms with Gasteiger partial charge in [-0.1, -0.05) is 105 Å². The fourth-order valence-electron chi connectivity index (χ4n) is 6.15. The second-order valence-corrected chi connectivity index (χ2v) is 16.9. The summed E-state index contributed by atoms with van der Waals surface area (Å²) in [6, 6.07) is 21.0. The van der Waals surface area contributed by atoms with E-state index in [9.17, 15) is 0 Å². The monoisotopic (exact) mass is 650 g/mol. The van der Waals surface area contributed by atoms with Crippen molar-refractivity contribution in [3.63, 3.8) is 0 Å². The first-order valence-electron chi connectivity index (χ1n) is 15.8. The number of rotatable bonds is 11. The van der Waals surface area contributed by atoms with Gasteiger partial charge in [-0.3, -0.25) is 0 Å². The summed E-state index contributed by atoms with van der Waals surface area (Å²) < 4.78 is 22.1. The maximum Gasteiger partial charge on any atom is 0.261 e. The molecule has 3 heterocycles. The third-order valence-corrected chi connectivity index (χ3v) is 13.2. The third kappa shape index (κ3) is 7.25. The van der Waals surface area contributed by atoms with Crippen molar-refractivity contribution in [3.05, 3.63) is 89.2 Å². The van der Waals surface area contributed by atoms with Crippen LogP contribution >= 0.6 is 0 Å². The largest absolute Gasteiger partial charge is 0.405 e. The Morgan fingerprint density at radius 2 is 1.79 bits per heavy atom. The molecule has 2 aromatic heterocycles. The molecule has 0 N–H and O–H groups in total. The zero-order valence-corrected chi connectivity index (χ0v) is 28.9. The predicted octanol–water partition coefficient (Wildman–Crippen LogP) is 5.93. The second-order valence-electron chi connectivity index (χ2n) is 12.6. The number of nitrogens with zero attached hydrogens (tertiary/aromatic N) is 8. The summed E-state index contributed by atoms with van der Waals surface area (Å²) in [5, 5.41) is 6.56. The minimum Gasteiger partial charge on any atom is -0.405 e. The van der Waals surface area contributed by atoms with Gasteiger partial charge in [-0.15, -0.1) is 0 Å². The lowest BCUT2D eigenvalue weighted by atomic mass is 10.2. The highest BCUT2D eigenvalue weighted by atomic mass is 28.4. The van der Waals surface area contributed by atoms with E-state index in [-0.39, 0.29) is 18.4 Å². The number of aliphatic imine (C=N–C) groups is 1. The molecule has 2 aromatic carbocycles. The van der Waals surface area contributed by atoms with Crippen LogP contribution in [-0.2, 0) is 13.9 Å². The van der Waals surface area contributed by atoms with Crippen molar-refractivity contribution in [2.24, 2.45) is 10.1 Å². The van der Waals surface area contributed by atoms with Gasteiger partial charge in [-0.2, -0.15) is 0 Å². The molecule has 0 spiro atoms. The molecule has 4 aromatic rings. The molecule has 12 heteroatoms. The van der Waals surface area contributed by atoms with E-state index in [0.717, 1.165) is 10.9 Å². The van der Waals surface area contributed by atoms with E-state index in [4.69, 9.17) is 19.4 Å². The topological polar surface area (TPSA) is 123 Å². The maximum atomic E-state index is 8.97. The van der Waals surface area contributed by atoms with Gasteiger partial charge in [0.2, 0.25) is 0 Å². The fraction of sp³-hybridized carbons (Fsp3) is 0.400. The zero-order chi connectivity index (χ0) is 33.4. The van der Waals surface area contributed by atoms with Crippen molar-refractivity contribution in [1.82, 2.24) is 19.4 Å². The summed E-state index contributed by atoms with van der Waals surface area (Å²) in [4.78, 5) is 18.5. The van der Waals surface area contributed by atoms with E-state index < -0.39 is 26.8 Å². The lowest BCUT2D eigenvalue weighted by molar-refractivity contribution is -0.0562. The zero-order valence-electron chi connectivity index (χ0n) is 27.9. The van der Waals surface area contributed by atoms with E-state index >= 15 is 0 Å². The van der Waals surface area contributed by atoms with Gasteiger partial charge in [0.05, 0.1) is 30.0 Å². The van der Waals surface area contributed by atoms with Crippen molar-refractivity contribution < 1.29 is 13.9 Å². The van der Waals surface area contributed by atoms with Crippen LogP contribution in [0.15, 0.2) is 83.3 Å². The molecule has 5 rings (SSSR count). The molecule has 3 unspecified atom stereocenters. The first kappa shape index (κ1) is 33.8. The van der Waals surface area contributed by atoms with E-state index in [1.807, 2.05) is 48.8 Å². The third-order valence-electron chi connectivity index (χ3n) is 8.18. The van der Waals surface area contributed by atoms with Crippen LogP contribution in [0.3, 0.4) is 0 Å². The predicted molar refractivity (Wildman–Crippen MR) is 188 cm³/mol. The van der Waals surface area contributed by atoms with Crippen LogP contribution in [-0.4, -0.2) is 73.7 Å². The number of hydrogen-bond acceptors (Lipinski definition) is 7. The molecule has 1 aliphatic rings. The molecule has 1 fully saturated rings. The smallest absolute Gasteiger partial charge is 0.261 e. The lowest BCUT2D eigenvalue weighted by Crippen LogP contribution is -2.67. The maximum absolute atomic E-state index is 8.97. The summed E-state index contributed by atoms with van der Waals surface area (Å²) in [5.41, 5.74) is 10.4. The Kier molecular flexibility index (Phi) is 10.8. The standard InChI is InChI=1S/C35H42N8O3Si/c1-7-8-15-26-21-43(34-32(26)33(37-23-38-34)39-24-42(5)6)31-20-29(44-25-40-41-36)30(46-31)22-45-47(35(2,3)4,27-16-11-9-12-17-27)28-18-13-10-14-19-28/h9-14,16-19,21,23-24,29-31H,7,20,22,25H2,1-6H3. The van der Waals surface area contributed by atoms with Crippen molar-refractivity contribution in [2.75, 3.05) is 27.4 Å². The van der Waals surface area contributed by atoms with Crippen molar-refractivity contribution in [1.29, 1.82) is 0 Å². The number of aromatic nitrogens is 3. The van der Waals surface area contributed by atoms with Gasteiger partial charge >= 0.3 is 0 Å². The lowest BCUT2D eigenvalue weighted by Gasteiger charge is -2.43. The Labute approximate surface area is 277 Å². The number of azide groups is 1. The Morgan fingerprint density at radius 1 is 1.11 bits per heavy atom. The van der Waals surface area contributed by atoms with Gasteiger partial charge in [0, 0.05) is 38.0 Å². The molecule has 47 heavy (non-hydrogen) atoms. The van der Waals surface area contributed by atoms with E-state index in [1.165, 1.54) is 16.7 Å². The first-order chi connectivity index (χ1) is 22.7. The van der Waals surface area contributed by atoms with E-state index in [1.54, 1.807) is 6.34 Å². The van der Waals surface area contributed by atoms with Gasteiger partial charge in [0.15, 0.2) is 5.82 Å². The van der Waals surface area contributed by atoms with E-state index in [0.29, 0.717) is 24.3 Å². The average Bonchev–Trinajstić information content (AvgIpc) is 3.65. The molecule has 0 amide bonds. The average molecular weight is 651 g/mol. The Balaban J connectivity index is 1.54. The van der Waals surface area contributed by atoms with Crippen molar-refractivity contribution >= 4 is 41.9 Å². The molecular weight excluding hydrogens is 609 g/mol. The van der Waals surface area contributed by atoms with Crippen LogP contribution in [0.1, 0.15) is 52.3 Å². The fourth-order valence-corrected chi connectivity index (χ4v) is 10.7. The highest BCUT2D eigenvalue weighted by molar-refractivity contribution is 6.99. The Hall–Kier alpha value is -4.50. The molecule has 0 radical (unpaired) electrons. The SMILES string of the molecule is CCC#Cc1cn(C2CC(OCN=[N+]=[N-])C(CO[Si](c3ccccc3)(c3ccccc3)C(C)(C)C)O2)c2ncnc(N=CN(C)C)c12. The summed E-state index contributed by atoms with van der Waals surface area (Å²) in [6.45, 7) is 8.91. The van der Waals surface area contributed by atoms with Gasteiger partial charge < -0.3 is 23.4 Å². The van der Waals surface area contributed by atoms with Gasteiger partial charge in [0.1, 0.15) is 31.0 Å². The normalized spacial score (nSPS) is 18.2. The Morgan fingerprint density at radius 3 is 2.38 bits per heavy atom.